The molecule has 0 unspecified atom stereocenters. The Morgan fingerprint density at radius 3 is 1.17 bits per heavy atom. The molecule has 0 spiro atoms. The molecule has 0 amide bonds. The van der Waals surface area contributed by atoms with Crippen LogP contribution in [0.1, 0.15) is 0 Å². The van der Waals surface area contributed by atoms with Crippen LogP contribution < -0.4 is 18.6 Å². The van der Waals surface area contributed by atoms with E-state index < -0.39 is 0 Å². The summed E-state index contributed by atoms with van der Waals surface area (Å²) in [5.41, 5.74) is 0. The molecule has 8 heteroatoms. The summed E-state index contributed by atoms with van der Waals surface area (Å²) in [6, 6.07) is 0. The fourth-order valence-electron chi connectivity index (χ4n) is 1.16. The van der Waals surface area contributed by atoms with E-state index in [1.165, 1.54) is 0 Å². The minimum atomic E-state index is 0. The van der Waals surface area contributed by atoms with E-state index in [9.17, 15) is 0 Å². The fraction of sp³-hybridized carbons (Fsp3) is 1.00. The van der Waals surface area contributed by atoms with Gasteiger partial charge in [0.2, 0.25) is 0 Å². The van der Waals surface area contributed by atoms with Gasteiger partial charge in [0.25, 0.3) is 0 Å². The van der Waals surface area contributed by atoms with Crippen molar-refractivity contribution in [1.29, 1.82) is 0 Å². The number of nitrogens with zero attached hydrogens (tertiary/aromatic N) is 2. The van der Waals surface area contributed by atoms with Crippen LogP contribution in [0.15, 0.2) is 0 Å². The van der Waals surface area contributed by atoms with E-state index in [2.05, 4.69) is 10.6 Å². The van der Waals surface area contributed by atoms with Gasteiger partial charge in [0.1, 0.15) is 0 Å². The van der Waals surface area contributed by atoms with E-state index in [0.717, 1.165) is 26.2 Å². The summed E-state index contributed by atoms with van der Waals surface area (Å²) in [7, 11) is 0. The predicted octanol–water partition coefficient (Wildman–Crippen LogP) is -2.04. The second-order valence-corrected chi connectivity index (χ2v) is 3.18. The predicted molar refractivity (Wildman–Crippen MR) is 63.7 cm³/mol. The number of ether oxygens (including phenoxy) is 3. The second-order valence-electron chi connectivity index (χ2n) is 3.18. The smallest absolute Gasteiger partial charge is 1.00 e. The minimum absolute atomic E-state index is 0. The summed E-state index contributed by atoms with van der Waals surface area (Å²) in [4.78, 5) is 0. The first-order chi connectivity index (χ1) is 7.50. The van der Waals surface area contributed by atoms with E-state index >= 15 is 0 Å². The van der Waals surface area contributed by atoms with E-state index in [4.69, 9.17) is 14.2 Å². The third-order valence-corrected chi connectivity index (χ3v) is 1.95. The Hall–Kier alpha value is 0.738. The first kappa shape index (κ1) is 23.8. The Balaban J connectivity index is -0.000000750. The molecule has 1 rings (SSSR count). The van der Waals surface area contributed by atoms with Gasteiger partial charge in [0.05, 0.1) is 13.2 Å². The molecule has 3 N–H and O–H groups in total. The molecule has 0 atom stereocenters. The van der Waals surface area contributed by atoms with Gasteiger partial charge < -0.3 is 43.4 Å². The summed E-state index contributed by atoms with van der Waals surface area (Å²) in [5.74, 6) is 0. The van der Waals surface area contributed by atoms with Crippen molar-refractivity contribution in [3.05, 3.63) is 10.6 Å². The molecule has 0 aromatic carbocycles. The van der Waals surface area contributed by atoms with Gasteiger partial charge in [0, 0.05) is 26.4 Å². The number of hydrogen-bond donors (Lipinski definition) is 1. The number of halogens is 1. The third-order valence-electron chi connectivity index (χ3n) is 1.95. The van der Waals surface area contributed by atoms with Crippen LogP contribution in [0.4, 0.5) is 0 Å². The molecule has 1 heterocycles. The Morgan fingerprint density at radius 2 is 0.833 bits per heavy atom. The normalized spacial score (nSPS) is 20.0. The summed E-state index contributed by atoms with van der Waals surface area (Å²) >= 11 is 0. The molecule has 0 saturated carbocycles. The van der Waals surface area contributed by atoms with Gasteiger partial charge >= 0.3 is 21.1 Å². The summed E-state index contributed by atoms with van der Waals surface area (Å²) < 4.78 is 16.0. The van der Waals surface area contributed by atoms with Gasteiger partial charge in [-0.05, 0) is 0 Å². The number of hydrogen-bond acceptors (Lipinski definition) is 4. The number of rotatable bonds is 0. The van der Waals surface area contributed by atoms with E-state index in [0.29, 0.717) is 39.6 Å². The van der Waals surface area contributed by atoms with Crippen LogP contribution in [0.3, 0.4) is 0 Å². The van der Waals surface area contributed by atoms with Gasteiger partial charge in [-0.3, -0.25) is 0 Å². The van der Waals surface area contributed by atoms with Crippen molar-refractivity contribution in [2.75, 3.05) is 65.8 Å². The van der Waals surface area contributed by atoms with Gasteiger partial charge in [0.15, 0.2) is 0 Å². The molecule has 0 aromatic rings. The molecular formula is C10H23ClN3O3Pt+. The van der Waals surface area contributed by atoms with Crippen molar-refractivity contribution >= 4 is 0 Å². The zero-order chi connectivity index (χ0) is 10.6. The van der Waals surface area contributed by atoms with Crippen LogP contribution in [0.25, 0.3) is 10.6 Å². The van der Waals surface area contributed by atoms with Crippen molar-refractivity contribution in [2.24, 2.45) is 0 Å². The van der Waals surface area contributed by atoms with Crippen LogP contribution in [-0.4, -0.2) is 65.8 Å². The first-order valence-corrected chi connectivity index (χ1v) is 5.50. The summed E-state index contributed by atoms with van der Waals surface area (Å²) in [5, 5.41) is 8.52. The second kappa shape index (κ2) is 20.1. The first-order valence-electron chi connectivity index (χ1n) is 5.50. The van der Waals surface area contributed by atoms with Crippen LogP contribution in [0.5, 0.6) is 0 Å². The molecule has 0 aromatic heterocycles. The van der Waals surface area contributed by atoms with Crippen LogP contribution in [0.2, 0.25) is 0 Å². The summed E-state index contributed by atoms with van der Waals surface area (Å²) in [6.07, 6.45) is 0. The maximum Gasteiger partial charge on any atom is 4.00 e. The average Bonchev–Trinajstić information content (AvgIpc) is 2.27. The monoisotopic (exact) mass is 463 g/mol. The molecule has 1 aliphatic rings. The summed E-state index contributed by atoms with van der Waals surface area (Å²) in [6.45, 7) is 7.00. The van der Waals surface area contributed by atoms with Crippen molar-refractivity contribution < 1.29 is 47.7 Å². The van der Waals surface area contributed by atoms with Crippen LogP contribution >= 0.6 is 0 Å². The van der Waals surface area contributed by atoms with Gasteiger partial charge in [-0.15, -0.1) is 26.2 Å². The van der Waals surface area contributed by atoms with Crippen molar-refractivity contribution in [2.45, 2.75) is 0 Å². The average molecular weight is 464 g/mol. The molecule has 0 radical (unpaired) electrons. The standard InChI is InChI=1S/C10H20N2O3.ClH.H3N.Pt/c1-5-13-6-2-12-4-8-15-10-9-14-7-3-11-1;;;/h1-10H2;1H;1H3;/q-2;;;+4/p-1. The van der Waals surface area contributed by atoms with Crippen LogP contribution in [-0.2, 0) is 35.3 Å². The minimum Gasteiger partial charge on any atom is -1.00 e. The SMILES string of the molecule is C1COCC[N-]CCOCCOCC[N-]1.N.[Cl-].[Pt+4]. The van der Waals surface area contributed by atoms with E-state index in [1.54, 1.807) is 0 Å². The zero-order valence-electron chi connectivity index (χ0n) is 10.6. The molecule has 1 saturated heterocycles. The zero-order valence-corrected chi connectivity index (χ0v) is 13.6. The molecule has 0 aliphatic carbocycles. The maximum atomic E-state index is 5.34. The molecule has 6 nitrogen and oxygen atoms in total. The Bertz CT molecular complexity index is 90.9. The van der Waals surface area contributed by atoms with Crippen molar-refractivity contribution in [1.82, 2.24) is 6.15 Å². The molecule has 112 valence electrons. The Labute approximate surface area is 130 Å². The van der Waals surface area contributed by atoms with Gasteiger partial charge in [-0.2, -0.15) is 0 Å². The Kier molecular flexibility index (Phi) is 26.5. The Morgan fingerprint density at radius 1 is 0.556 bits per heavy atom. The topological polar surface area (TPSA) is 90.9 Å². The molecule has 1 aliphatic heterocycles. The van der Waals surface area contributed by atoms with Crippen molar-refractivity contribution in [3.63, 3.8) is 0 Å². The van der Waals surface area contributed by atoms with Gasteiger partial charge in [-0.25, -0.2) is 0 Å². The largest absolute Gasteiger partial charge is 4.00 e. The van der Waals surface area contributed by atoms with Crippen molar-refractivity contribution in [3.8, 4) is 0 Å². The molecular weight excluding hydrogens is 441 g/mol. The molecule has 18 heavy (non-hydrogen) atoms. The quantitative estimate of drug-likeness (QED) is 0.448. The maximum absolute atomic E-state index is 5.34. The van der Waals surface area contributed by atoms with E-state index in [-0.39, 0.29) is 39.6 Å². The fourth-order valence-corrected chi connectivity index (χ4v) is 1.16. The molecule has 1 fully saturated rings. The van der Waals surface area contributed by atoms with E-state index in [1.807, 2.05) is 0 Å². The van der Waals surface area contributed by atoms with Crippen LogP contribution in [0, 0.1) is 0 Å². The van der Waals surface area contributed by atoms with Gasteiger partial charge in [-0.1, -0.05) is 0 Å². The molecule has 0 bridgehead atoms. The third kappa shape index (κ3) is 16.7.